The first-order valence-corrected chi connectivity index (χ1v) is 6.69. The number of hydrogen-bond donors (Lipinski definition) is 1. The highest BCUT2D eigenvalue weighted by Crippen LogP contribution is 2.20. The molecular formula is C15H19NO3. The first-order valence-electron chi connectivity index (χ1n) is 6.69. The van der Waals surface area contributed by atoms with Crippen LogP contribution in [-0.4, -0.2) is 35.0 Å². The number of amides is 1. The van der Waals surface area contributed by atoms with Gasteiger partial charge in [0.2, 0.25) is 0 Å². The smallest absolute Gasteiger partial charge is 0.303 e. The van der Waals surface area contributed by atoms with Crippen LogP contribution in [0.2, 0.25) is 0 Å². The van der Waals surface area contributed by atoms with Crippen molar-refractivity contribution in [2.75, 3.05) is 13.1 Å². The predicted octanol–water partition coefficient (Wildman–Crippen LogP) is 2.50. The van der Waals surface area contributed by atoms with Gasteiger partial charge in [0.25, 0.3) is 5.91 Å². The summed E-state index contributed by atoms with van der Waals surface area (Å²) in [7, 11) is 0. The number of benzene rings is 1. The van der Waals surface area contributed by atoms with E-state index >= 15 is 0 Å². The van der Waals surface area contributed by atoms with Gasteiger partial charge in [-0.1, -0.05) is 19.1 Å². The van der Waals surface area contributed by atoms with Crippen LogP contribution in [0.3, 0.4) is 0 Å². The van der Waals surface area contributed by atoms with Gasteiger partial charge in [0.1, 0.15) is 0 Å². The summed E-state index contributed by atoms with van der Waals surface area (Å²) < 4.78 is 0. The lowest BCUT2D eigenvalue weighted by Gasteiger charge is -2.16. The van der Waals surface area contributed by atoms with Crippen LogP contribution in [0.15, 0.2) is 24.3 Å². The summed E-state index contributed by atoms with van der Waals surface area (Å²) >= 11 is 0. The van der Waals surface area contributed by atoms with E-state index in [-0.39, 0.29) is 18.2 Å². The van der Waals surface area contributed by atoms with Gasteiger partial charge in [-0.3, -0.25) is 9.59 Å². The maximum atomic E-state index is 12.1. The number of likely N-dealkylation sites (tertiary alicyclic amines) is 1. The van der Waals surface area contributed by atoms with Gasteiger partial charge < -0.3 is 10.0 Å². The third kappa shape index (κ3) is 3.34. The number of hydrogen-bond acceptors (Lipinski definition) is 2. The zero-order valence-electron chi connectivity index (χ0n) is 11.1. The molecule has 1 aromatic carbocycles. The molecule has 2 rings (SSSR count). The van der Waals surface area contributed by atoms with Crippen molar-refractivity contribution >= 4 is 11.9 Å². The Kier molecular flexibility index (Phi) is 4.20. The van der Waals surface area contributed by atoms with Gasteiger partial charge in [-0.25, -0.2) is 0 Å². The van der Waals surface area contributed by atoms with Crippen molar-refractivity contribution in [3.05, 3.63) is 35.4 Å². The molecule has 0 saturated carbocycles. The average molecular weight is 261 g/mol. The van der Waals surface area contributed by atoms with Gasteiger partial charge in [-0.15, -0.1) is 0 Å². The molecule has 0 aromatic heterocycles. The molecule has 0 spiro atoms. The molecule has 1 aliphatic heterocycles. The van der Waals surface area contributed by atoms with E-state index in [4.69, 9.17) is 5.11 Å². The molecule has 1 heterocycles. The topological polar surface area (TPSA) is 57.6 Å². The minimum atomic E-state index is -0.801. The summed E-state index contributed by atoms with van der Waals surface area (Å²) in [5.41, 5.74) is 1.65. The van der Waals surface area contributed by atoms with Gasteiger partial charge in [0.05, 0.1) is 6.42 Å². The molecule has 102 valence electrons. The molecule has 4 nitrogen and oxygen atoms in total. The number of rotatable bonds is 4. The monoisotopic (exact) mass is 261 g/mol. The second-order valence-corrected chi connectivity index (χ2v) is 5.12. The molecule has 0 aliphatic carbocycles. The van der Waals surface area contributed by atoms with Gasteiger partial charge in [-0.2, -0.15) is 0 Å². The molecule has 0 bridgehead atoms. The molecule has 1 atom stereocenters. The van der Waals surface area contributed by atoms with Gasteiger partial charge in [-0.05, 0) is 36.5 Å². The lowest BCUT2D eigenvalue weighted by Crippen LogP contribution is -2.27. The lowest BCUT2D eigenvalue weighted by atomic mass is 9.97. The van der Waals surface area contributed by atoms with Gasteiger partial charge >= 0.3 is 5.97 Å². The first kappa shape index (κ1) is 13.6. The SMILES string of the molecule is CC(CC(=O)O)c1ccc(C(=O)N2CCCC2)cc1. The fourth-order valence-electron chi connectivity index (χ4n) is 2.44. The highest BCUT2D eigenvalue weighted by atomic mass is 16.4. The van der Waals surface area contributed by atoms with Crippen LogP contribution in [0, 0.1) is 0 Å². The molecule has 0 radical (unpaired) electrons. The van der Waals surface area contributed by atoms with E-state index in [0.29, 0.717) is 5.56 Å². The Morgan fingerprint density at radius 2 is 1.79 bits per heavy atom. The zero-order valence-corrected chi connectivity index (χ0v) is 11.1. The number of aliphatic carboxylic acids is 1. The zero-order chi connectivity index (χ0) is 13.8. The van der Waals surface area contributed by atoms with Crippen LogP contribution in [-0.2, 0) is 4.79 Å². The van der Waals surface area contributed by atoms with Crippen molar-refractivity contribution in [2.45, 2.75) is 32.1 Å². The quantitative estimate of drug-likeness (QED) is 0.906. The standard InChI is InChI=1S/C15H19NO3/c1-11(10-14(17)18)12-4-6-13(7-5-12)15(19)16-8-2-3-9-16/h4-7,11H,2-3,8-10H2,1H3,(H,17,18). The highest BCUT2D eigenvalue weighted by Gasteiger charge is 2.19. The van der Waals surface area contributed by atoms with Gasteiger partial charge in [0, 0.05) is 18.7 Å². The lowest BCUT2D eigenvalue weighted by molar-refractivity contribution is -0.137. The number of carboxylic acid groups (broad SMARTS) is 1. The largest absolute Gasteiger partial charge is 0.481 e. The number of carbonyl (C=O) groups is 2. The normalized spacial score (nSPS) is 16.4. The van der Waals surface area contributed by atoms with Crippen molar-refractivity contribution in [3.63, 3.8) is 0 Å². The fourth-order valence-corrected chi connectivity index (χ4v) is 2.44. The van der Waals surface area contributed by atoms with Crippen molar-refractivity contribution in [1.82, 2.24) is 4.90 Å². The maximum absolute atomic E-state index is 12.1. The molecule has 1 aliphatic rings. The van der Waals surface area contributed by atoms with E-state index in [9.17, 15) is 9.59 Å². The van der Waals surface area contributed by atoms with Crippen molar-refractivity contribution in [3.8, 4) is 0 Å². The predicted molar refractivity (Wildman–Crippen MR) is 72.2 cm³/mol. The second-order valence-electron chi connectivity index (χ2n) is 5.12. The summed E-state index contributed by atoms with van der Waals surface area (Å²) in [6, 6.07) is 7.32. The molecule has 1 unspecified atom stereocenters. The maximum Gasteiger partial charge on any atom is 0.303 e. The summed E-state index contributed by atoms with van der Waals surface area (Å²) in [5.74, 6) is -0.756. The summed E-state index contributed by atoms with van der Waals surface area (Å²) in [5, 5.41) is 8.77. The first-order chi connectivity index (χ1) is 9.08. The Morgan fingerprint density at radius 3 is 2.32 bits per heavy atom. The van der Waals surface area contributed by atoms with Crippen molar-refractivity contribution in [2.24, 2.45) is 0 Å². The van der Waals surface area contributed by atoms with E-state index in [1.165, 1.54) is 0 Å². The number of carboxylic acids is 1. The van der Waals surface area contributed by atoms with Crippen LogP contribution in [0.25, 0.3) is 0 Å². The molecule has 1 N–H and O–H groups in total. The third-order valence-electron chi connectivity index (χ3n) is 3.60. The molecule has 1 amide bonds. The minimum Gasteiger partial charge on any atom is -0.481 e. The molecule has 4 heteroatoms. The summed E-state index contributed by atoms with van der Waals surface area (Å²) in [6.45, 7) is 3.57. The van der Waals surface area contributed by atoms with E-state index in [0.717, 1.165) is 31.5 Å². The fraction of sp³-hybridized carbons (Fsp3) is 0.467. The van der Waals surface area contributed by atoms with Crippen LogP contribution in [0.5, 0.6) is 0 Å². The summed E-state index contributed by atoms with van der Waals surface area (Å²) in [6.07, 6.45) is 2.28. The third-order valence-corrected chi connectivity index (χ3v) is 3.60. The van der Waals surface area contributed by atoms with Crippen LogP contribution in [0.1, 0.15) is 48.0 Å². The minimum absolute atomic E-state index is 0.0339. The van der Waals surface area contributed by atoms with Gasteiger partial charge in [0.15, 0.2) is 0 Å². The number of nitrogens with zero attached hydrogens (tertiary/aromatic N) is 1. The Balaban J connectivity index is 2.05. The Morgan fingerprint density at radius 1 is 1.21 bits per heavy atom. The molecule has 1 aromatic rings. The van der Waals surface area contributed by atoms with Crippen LogP contribution < -0.4 is 0 Å². The van der Waals surface area contributed by atoms with E-state index in [2.05, 4.69) is 0 Å². The van der Waals surface area contributed by atoms with E-state index in [1.807, 2.05) is 24.0 Å². The van der Waals surface area contributed by atoms with E-state index in [1.54, 1.807) is 12.1 Å². The average Bonchev–Trinajstić information content (AvgIpc) is 2.91. The van der Waals surface area contributed by atoms with E-state index < -0.39 is 5.97 Å². The number of carbonyl (C=O) groups excluding carboxylic acids is 1. The highest BCUT2D eigenvalue weighted by molar-refractivity contribution is 5.94. The molecule has 1 saturated heterocycles. The van der Waals surface area contributed by atoms with Crippen LogP contribution in [0.4, 0.5) is 0 Å². The second kappa shape index (κ2) is 5.87. The van der Waals surface area contributed by atoms with Crippen molar-refractivity contribution in [1.29, 1.82) is 0 Å². The Bertz CT molecular complexity index is 461. The Hall–Kier alpha value is -1.84. The molecular weight excluding hydrogens is 242 g/mol. The molecule has 1 fully saturated rings. The molecule has 19 heavy (non-hydrogen) atoms. The Labute approximate surface area is 113 Å². The van der Waals surface area contributed by atoms with Crippen molar-refractivity contribution < 1.29 is 14.7 Å². The van der Waals surface area contributed by atoms with Crippen LogP contribution >= 0.6 is 0 Å². The summed E-state index contributed by atoms with van der Waals surface area (Å²) in [4.78, 5) is 24.7.